The summed E-state index contributed by atoms with van der Waals surface area (Å²) < 4.78 is 1.89. The van der Waals surface area contributed by atoms with Gasteiger partial charge in [-0.1, -0.05) is 36.4 Å². The van der Waals surface area contributed by atoms with Crippen molar-refractivity contribution in [3.8, 4) is 17.2 Å². The van der Waals surface area contributed by atoms with E-state index >= 15 is 0 Å². The van der Waals surface area contributed by atoms with Crippen LogP contribution < -0.4 is 10.2 Å². The van der Waals surface area contributed by atoms with Crippen LogP contribution in [0.5, 0.6) is 0 Å². The van der Waals surface area contributed by atoms with Gasteiger partial charge >= 0.3 is 0 Å². The zero-order chi connectivity index (χ0) is 24.2. The van der Waals surface area contributed by atoms with Gasteiger partial charge in [0, 0.05) is 48.9 Å². The number of nitrogens with zero attached hydrogens (tertiary/aromatic N) is 6. The van der Waals surface area contributed by atoms with E-state index in [0.717, 1.165) is 30.8 Å². The van der Waals surface area contributed by atoms with E-state index in [-0.39, 0.29) is 17.5 Å². The summed E-state index contributed by atoms with van der Waals surface area (Å²) in [6, 6.07) is 19.6. The SMILES string of the molecule is O=C(Nc1cccc([N+](=O)[O-])c1)C1CCCN(c2ccc(-n3ccnc3-c3ccccc3)nn2)C1. The largest absolute Gasteiger partial charge is 0.354 e. The monoisotopic (exact) mass is 469 g/mol. The topological polar surface area (TPSA) is 119 Å². The van der Waals surface area contributed by atoms with Crippen LogP contribution in [-0.2, 0) is 4.79 Å². The van der Waals surface area contributed by atoms with E-state index in [2.05, 4.69) is 20.5 Å². The Morgan fingerprint density at radius 2 is 1.83 bits per heavy atom. The van der Waals surface area contributed by atoms with Crippen LogP contribution in [0.25, 0.3) is 17.2 Å². The van der Waals surface area contributed by atoms with Crippen LogP contribution in [0.15, 0.2) is 79.1 Å². The first kappa shape index (κ1) is 22.2. The van der Waals surface area contributed by atoms with Gasteiger partial charge in [-0.2, -0.15) is 0 Å². The zero-order valence-electron chi connectivity index (χ0n) is 18.8. The fourth-order valence-electron chi connectivity index (χ4n) is 4.25. The second-order valence-corrected chi connectivity index (χ2v) is 8.32. The molecule has 1 saturated heterocycles. The molecule has 10 nitrogen and oxygen atoms in total. The molecule has 3 heterocycles. The molecule has 2 aromatic heterocycles. The summed E-state index contributed by atoms with van der Waals surface area (Å²) in [7, 11) is 0. The van der Waals surface area contributed by atoms with Crippen molar-refractivity contribution in [2.75, 3.05) is 23.3 Å². The molecule has 35 heavy (non-hydrogen) atoms. The molecule has 1 aliphatic heterocycles. The van der Waals surface area contributed by atoms with Crippen molar-refractivity contribution in [2.45, 2.75) is 12.8 Å². The molecule has 1 unspecified atom stereocenters. The predicted molar refractivity (Wildman–Crippen MR) is 131 cm³/mol. The van der Waals surface area contributed by atoms with Crippen molar-refractivity contribution in [2.24, 2.45) is 5.92 Å². The first-order valence-corrected chi connectivity index (χ1v) is 11.3. The number of hydrogen-bond acceptors (Lipinski definition) is 7. The summed E-state index contributed by atoms with van der Waals surface area (Å²) in [5.74, 6) is 1.71. The van der Waals surface area contributed by atoms with E-state index in [1.165, 1.54) is 12.1 Å². The van der Waals surface area contributed by atoms with Gasteiger partial charge in [0.2, 0.25) is 5.91 Å². The molecular formula is C25H23N7O3. The number of hydrogen-bond donors (Lipinski definition) is 1. The molecular weight excluding hydrogens is 446 g/mol. The number of piperidine rings is 1. The molecule has 0 saturated carbocycles. The second kappa shape index (κ2) is 9.72. The van der Waals surface area contributed by atoms with Gasteiger partial charge in [-0.15, -0.1) is 10.2 Å². The Balaban J connectivity index is 1.28. The van der Waals surface area contributed by atoms with Crippen LogP contribution in [0.4, 0.5) is 17.2 Å². The standard InChI is InChI=1S/C25H23N7O3/c33-25(27-20-9-4-10-21(16-20)32(34)35)19-8-5-14-30(17-19)22-11-12-23(29-28-22)31-15-13-26-24(31)18-6-2-1-3-7-18/h1-4,6-7,9-13,15-16,19H,5,8,14,17H2,(H,27,33). The van der Waals surface area contributed by atoms with E-state index in [1.54, 1.807) is 18.3 Å². The summed E-state index contributed by atoms with van der Waals surface area (Å²) in [4.78, 5) is 29.9. The maximum absolute atomic E-state index is 12.9. The Morgan fingerprint density at radius 3 is 2.60 bits per heavy atom. The average Bonchev–Trinajstić information content (AvgIpc) is 3.40. The summed E-state index contributed by atoms with van der Waals surface area (Å²) in [6.45, 7) is 1.27. The minimum Gasteiger partial charge on any atom is -0.354 e. The molecule has 0 radical (unpaired) electrons. The van der Waals surface area contributed by atoms with Gasteiger partial charge in [0.1, 0.15) is 5.82 Å². The van der Waals surface area contributed by atoms with Gasteiger partial charge in [-0.3, -0.25) is 19.5 Å². The number of carbonyl (C=O) groups excluding carboxylic acids is 1. The van der Waals surface area contributed by atoms with E-state index in [9.17, 15) is 14.9 Å². The Bertz CT molecular complexity index is 1340. The summed E-state index contributed by atoms with van der Waals surface area (Å²) in [5, 5.41) is 22.6. The molecule has 5 rings (SSSR count). The van der Waals surface area contributed by atoms with Crippen molar-refractivity contribution in [1.29, 1.82) is 0 Å². The Morgan fingerprint density at radius 1 is 1.03 bits per heavy atom. The fourth-order valence-corrected chi connectivity index (χ4v) is 4.25. The Hall–Kier alpha value is -4.60. The molecule has 0 aliphatic carbocycles. The normalized spacial score (nSPS) is 15.5. The molecule has 1 fully saturated rings. The minimum atomic E-state index is -0.479. The third kappa shape index (κ3) is 4.86. The molecule has 1 N–H and O–H groups in total. The second-order valence-electron chi connectivity index (χ2n) is 8.32. The number of carbonyl (C=O) groups is 1. The number of rotatable bonds is 6. The number of benzene rings is 2. The van der Waals surface area contributed by atoms with Crippen LogP contribution in [0.1, 0.15) is 12.8 Å². The number of imidazole rings is 1. The lowest BCUT2D eigenvalue weighted by Gasteiger charge is -2.32. The molecule has 10 heteroatoms. The van der Waals surface area contributed by atoms with Crippen LogP contribution >= 0.6 is 0 Å². The van der Waals surface area contributed by atoms with Crippen molar-refractivity contribution in [1.82, 2.24) is 19.7 Å². The molecule has 1 aliphatic rings. The molecule has 2 aromatic carbocycles. The quantitative estimate of drug-likeness (QED) is 0.334. The number of nitro benzene ring substituents is 1. The number of amides is 1. The maximum atomic E-state index is 12.9. The third-order valence-corrected chi connectivity index (χ3v) is 6.00. The van der Waals surface area contributed by atoms with E-state index in [1.807, 2.05) is 58.1 Å². The number of non-ortho nitro benzene ring substituents is 1. The van der Waals surface area contributed by atoms with Gasteiger partial charge in [0.15, 0.2) is 11.6 Å². The lowest BCUT2D eigenvalue weighted by Crippen LogP contribution is -2.41. The van der Waals surface area contributed by atoms with E-state index in [4.69, 9.17) is 0 Å². The highest BCUT2D eigenvalue weighted by atomic mass is 16.6. The highest BCUT2D eigenvalue weighted by Crippen LogP contribution is 2.25. The van der Waals surface area contributed by atoms with Gasteiger partial charge in [0.05, 0.1) is 10.8 Å². The lowest BCUT2D eigenvalue weighted by atomic mass is 9.97. The highest BCUT2D eigenvalue weighted by Gasteiger charge is 2.27. The number of anilines is 2. The van der Waals surface area contributed by atoms with Crippen LogP contribution in [-0.4, -0.2) is 43.7 Å². The first-order chi connectivity index (χ1) is 17.1. The summed E-state index contributed by atoms with van der Waals surface area (Å²) in [6.07, 6.45) is 5.14. The molecule has 1 amide bonds. The van der Waals surface area contributed by atoms with Crippen LogP contribution in [0, 0.1) is 16.0 Å². The average molecular weight is 470 g/mol. The number of nitrogens with one attached hydrogen (secondary N) is 1. The lowest BCUT2D eigenvalue weighted by molar-refractivity contribution is -0.384. The first-order valence-electron chi connectivity index (χ1n) is 11.3. The third-order valence-electron chi connectivity index (χ3n) is 6.00. The molecule has 176 valence electrons. The maximum Gasteiger partial charge on any atom is 0.271 e. The van der Waals surface area contributed by atoms with Gasteiger partial charge < -0.3 is 10.2 Å². The predicted octanol–water partition coefficient (Wildman–Crippen LogP) is 4.09. The molecule has 0 bridgehead atoms. The van der Waals surface area contributed by atoms with Crippen molar-refractivity contribution in [3.63, 3.8) is 0 Å². The summed E-state index contributed by atoms with van der Waals surface area (Å²) in [5.41, 5.74) is 1.34. The van der Waals surface area contributed by atoms with Gasteiger partial charge in [-0.05, 0) is 31.0 Å². The smallest absolute Gasteiger partial charge is 0.271 e. The Labute approximate surface area is 201 Å². The van der Waals surface area contributed by atoms with Crippen molar-refractivity contribution in [3.05, 3.63) is 89.2 Å². The fraction of sp³-hybridized carbons (Fsp3) is 0.200. The zero-order valence-corrected chi connectivity index (χ0v) is 18.8. The van der Waals surface area contributed by atoms with E-state index in [0.29, 0.717) is 23.9 Å². The summed E-state index contributed by atoms with van der Waals surface area (Å²) >= 11 is 0. The van der Waals surface area contributed by atoms with Crippen LogP contribution in [0.2, 0.25) is 0 Å². The van der Waals surface area contributed by atoms with Crippen LogP contribution in [0.3, 0.4) is 0 Å². The Kier molecular flexibility index (Phi) is 6.16. The van der Waals surface area contributed by atoms with Crippen molar-refractivity contribution < 1.29 is 9.72 Å². The van der Waals surface area contributed by atoms with Gasteiger partial charge in [-0.25, -0.2) is 4.98 Å². The number of nitro groups is 1. The minimum absolute atomic E-state index is 0.0586. The van der Waals surface area contributed by atoms with E-state index < -0.39 is 4.92 Å². The van der Waals surface area contributed by atoms with Crippen molar-refractivity contribution >= 4 is 23.1 Å². The molecule has 4 aromatic rings. The van der Waals surface area contributed by atoms with Gasteiger partial charge in [0.25, 0.3) is 5.69 Å². The molecule has 0 spiro atoms. The molecule has 1 atom stereocenters. The highest BCUT2D eigenvalue weighted by molar-refractivity contribution is 5.93. The number of aromatic nitrogens is 4.